The van der Waals surface area contributed by atoms with E-state index in [4.69, 9.17) is 11.6 Å². The topological polar surface area (TPSA) is 42.0 Å². The van der Waals surface area contributed by atoms with Crippen LogP contribution in [-0.2, 0) is 6.42 Å². The number of amides is 1. The largest absolute Gasteiger partial charge is 0.348 e. The summed E-state index contributed by atoms with van der Waals surface area (Å²) in [5.74, 6) is -1.07. The summed E-state index contributed by atoms with van der Waals surface area (Å²) in [6.45, 7) is 1.86. The van der Waals surface area contributed by atoms with Crippen LogP contribution in [0, 0.1) is 5.95 Å². The zero-order valence-electron chi connectivity index (χ0n) is 10.9. The van der Waals surface area contributed by atoms with Crippen LogP contribution in [0.5, 0.6) is 0 Å². The van der Waals surface area contributed by atoms with Gasteiger partial charge in [0.15, 0.2) is 0 Å². The molecule has 1 unspecified atom stereocenters. The summed E-state index contributed by atoms with van der Waals surface area (Å²) in [4.78, 5) is 15.5. The number of carbonyl (C=O) groups is 1. The van der Waals surface area contributed by atoms with E-state index in [1.165, 1.54) is 18.2 Å². The van der Waals surface area contributed by atoms with Crippen molar-refractivity contribution in [2.75, 3.05) is 0 Å². The first kappa shape index (κ1) is 14.5. The Morgan fingerprint density at radius 3 is 2.75 bits per heavy atom. The molecule has 0 saturated carbocycles. The molecule has 2 aromatic rings. The normalized spacial score (nSPS) is 11.9. The van der Waals surface area contributed by atoms with E-state index in [0.717, 1.165) is 5.56 Å². The van der Waals surface area contributed by atoms with Crippen molar-refractivity contribution in [3.8, 4) is 0 Å². The first-order valence-electron chi connectivity index (χ1n) is 6.23. The lowest BCUT2D eigenvalue weighted by Crippen LogP contribution is -2.34. The number of nitrogens with zero attached hydrogens (tertiary/aromatic N) is 1. The van der Waals surface area contributed by atoms with Gasteiger partial charge in [0.2, 0.25) is 5.95 Å². The highest BCUT2D eigenvalue weighted by atomic mass is 35.5. The number of pyridine rings is 1. The quantitative estimate of drug-likeness (QED) is 0.879. The van der Waals surface area contributed by atoms with Gasteiger partial charge < -0.3 is 5.32 Å². The molecule has 1 heterocycles. The molecule has 0 spiro atoms. The number of nitrogens with one attached hydrogen (secondary N) is 1. The van der Waals surface area contributed by atoms with E-state index in [0.29, 0.717) is 11.4 Å². The van der Waals surface area contributed by atoms with Crippen molar-refractivity contribution >= 4 is 17.5 Å². The molecule has 104 valence electrons. The van der Waals surface area contributed by atoms with Gasteiger partial charge in [0, 0.05) is 11.1 Å². The van der Waals surface area contributed by atoms with Crippen LogP contribution in [0.15, 0.2) is 42.5 Å². The van der Waals surface area contributed by atoms with Crippen LogP contribution in [0.2, 0.25) is 5.02 Å². The van der Waals surface area contributed by atoms with Crippen molar-refractivity contribution in [1.82, 2.24) is 10.3 Å². The second-order valence-corrected chi connectivity index (χ2v) is 4.92. The number of hydrogen-bond donors (Lipinski definition) is 1. The van der Waals surface area contributed by atoms with Crippen molar-refractivity contribution in [3.05, 3.63) is 64.7 Å². The summed E-state index contributed by atoms with van der Waals surface area (Å²) in [7, 11) is 0. The number of aromatic nitrogens is 1. The summed E-state index contributed by atoms with van der Waals surface area (Å²) in [6.07, 6.45) is 0.598. The molecule has 0 radical (unpaired) electrons. The highest BCUT2D eigenvalue weighted by molar-refractivity contribution is 6.31. The van der Waals surface area contributed by atoms with Crippen molar-refractivity contribution in [2.45, 2.75) is 19.4 Å². The third kappa shape index (κ3) is 3.78. The smallest absolute Gasteiger partial charge is 0.270 e. The van der Waals surface area contributed by atoms with Gasteiger partial charge in [-0.15, -0.1) is 0 Å². The fourth-order valence-electron chi connectivity index (χ4n) is 1.88. The van der Waals surface area contributed by atoms with Gasteiger partial charge in [0.05, 0.1) is 0 Å². The maximum atomic E-state index is 13.0. The average Bonchev–Trinajstić information content (AvgIpc) is 2.41. The number of rotatable bonds is 4. The van der Waals surface area contributed by atoms with Gasteiger partial charge in [-0.2, -0.15) is 4.39 Å². The first-order chi connectivity index (χ1) is 9.56. The van der Waals surface area contributed by atoms with Gasteiger partial charge in [-0.25, -0.2) is 4.98 Å². The molecule has 1 aromatic carbocycles. The van der Waals surface area contributed by atoms with E-state index in [1.807, 2.05) is 25.1 Å². The lowest BCUT2D eigenvalue weighted by atomic mass is 10.1. The predicted octanol–water partition coefficient (Wildman–Crippen LogP) is 3.24. The van der Waals surface area contributed by atoms with Crippen molar-refractivity contribution in [3.63, 3.8) is 0 Å². The summed E-state index contributed by atoms with van der Waals surface area (Å²) in [5, 5.41) is 3.44. The molecule has 3 nitrogen and oxygen atoms in total. The molecular weight excluding hydrogens is 279 g/mol. The molecule has 0 fully saturated rings. The molecular formula is C15H14ClFN2O. The molecule has 2 rings (SSSR count). The molecule has 5 heteroatoms. The SMILES string of the molecule is CC(Cc1ccccc1Cl)NC(=O)c1cccc(F)n1. The fraction of sp³-hybridized carbons (Fsp3) is 0.200. The lowest BCUT2D eigenvalue weighted by Gasteiger charge is -2.14. The Morgan fingerprint density at radius 2 is 2.05 bits per heavy atom. The molecule has 0 bridgehead atoms. The minimum Gasteiger partial charge on any atom is -0.348 e. The molecule has 1 atom stereocenters. The number of halogens is 2. The van der Waals surface area contributed by atoms with E-state index in [2.05, 4.69) is 10.3 Å². The van der Waals surface area contributed by atoms with E-state index in [-0.39, 0.29) is 11.7 Å². The summed E-state index contributed by atoms with van der Waals surface area (Å²) >= 11 is 6.07. The Bertz CT molecular complexity index is 618. The van der Waals surface area contributed by atoms with E-state index in [9.17, 15) is 9.18 Å². The van der Waals surface area contributed by atoms with Crippen molar-refractivity contribution in [2.24, 2.45) is 0 Å². The standard InChI is InChI=1S/C15H14ClFN2O/c1-10(9-11-5-2-3-6-12(11)16)18-15(20)13-7-4-8-14(17)19-13/h2-8,10H,9H2,1H3,(H,18,20). The molecule has 0 saturated heterocycles. The van der Waals surface area contributed by atoms with Crippen LogP contribution in [0.1, 0.15) is 23.0 Å². The van der Waals surface area contributed by atoms with Crippen LogP contribution in [0.25, 0.3) is 0 Å². The Hall–Kier alpha value is -1.94. The lowest BCUT2D eigenvalue weighted by molar-refractivity contribution is 0.0934. The van der Waals surface area contributed by atoms with Gasteiger partial charge in [-0.1, -0.05) is 35.9 Å². The van der Waals surface area contributed by atoms with Gasteiger partial charge in [-0.05, 0) is 37.1 Å². The van der Waals surface area contributed by atoms with E-state index in [1.54, 1.807) is 6.07 Å². The van der Waals surface area contributed by atoms with Gasteiger partial charge in [0.1, 0.15) is 5.69 Å². The Morgan fingerprint density at radius 1 is 1.30 bits per heavy atom. The maximum absolute atomic E-state index is 13.0. The number of hydrogen-bond acceptors (Lipinski definition) is 2. The Balaban J connectivity index is 2.00. The summed E-state index contributed by atoms with van der Waals surface area (Å²) in [5.41, 5.74) is 1.02. The fourth-order valence-corrected chi connectivity index (χ4v) is 2.09. The first-order valence-corrected chi connectivity index (χ1v) is 6.61. The molecule has 0 aliphatic rings. The van der Waals surface area contributed by atoms with E-state index >= 15 is 0 Å². The predicted molar refractivity (Wildman–Crippen MR) is 76.3 cm³/mol. The molecule has 20 heavy (non-hydrogen) atoms. The summed E-state index contributed by atoms with van der Waals surface area (Å²) in [6, 6.07) is 11.5. The second kappa shape index (κ2) is 6.48. The third-order valence-corrected chi connectivity index (χ3v) is 3.18. The summed E-state index contributed by atoms with van der Waals surface area (Å²) < 4.78 is 13.0. The highest BCUT2D eigenvalue weighted by Gasteiger charge is 2.13. The van der Waals surface area contributed by atoms with E-state index < -0.39 is 11.9 Å². The minimum atomic E-state index is -0.670. The van der Waals surface area contributed by atoms with Crippen LogP contribution >= 0.6 is 11.6 Å². The minimum absolute atomic E-state index is 0.0657. The molecule has 0 aliphatic carbocycles. The van der Waals surface area contributed by atoms with Crippen LogP contribution in [0.3, 0.4) is 0 Å². The van der Waals surface area contributed by atoms with Crippen molar-refractivity contribution < 1.29 is 9.18 Å². The number of carbonyl (C=O) groups excluding carboxylic acids is 1. The molecule has 0 aliphatic heterocycles. The van der Waals surface area contributed by atoms with Gasteiger partial charge in [0.25, 0.3) is 5.91 Å². The average molecular weight is 293 g/mol. The second-order valence-electron chi connectivity index (χ2n) is 4.52. The number of benzene rings is 1. The Kier molecular flexibility index (Phi) is 4.69. The molecule has 1 N–H and O–H groups in total. The molecule has 1 amide bonds. The van der Waals surface area contributed by atoms with Crippen LogP contribution in [-0.4, -0.2) is 16.9 Å². The maximum Gasteiger partial charge on any atom is 0.270 e. The van der Waals surface area contributed by atoms with Crippen LogP contribution < -0.4 is 5.32 Å². The van der Waals surface area contributed by atoms with Gasteiger partial charge >= 0.3 is 0 Å². The Labute approximate surface area is 121 Å². The monoisotopic (exact) mass is 292 g/mol. The zero-order valence-corrected chi connectivity index (χ0v) is 11.7. The zero-order chi connectivity index (χ0) is 14.5. The van der Waals surface area contributed by atoms with Gasteiger partial charge in [-0.3, -0.25) is 4.79 Å². The third-order valence-electron chi connectivity index (χ3n) is 2.81. The molecule has 1 aromatic heterocycles. The van der Waals surface area contributed by atoms with Crippen molar-refractivity contribution in [1.29, 1.82) is 0 Å². The van der Waals surface area contributed by atoms with Crippen LogP contribution in [0.4, 0.5) is 4.39 Å². The highest BCUT2D eigenvalue weighted by Crippen LogP contribution is 2.16.